The van der Waals surface area contributed by atoms with Gasteiger partial charge in [-0.2, -0.15) is 5.10 Å². The summed E-state index contributed by atoms with van der Waals surface area (Å²) >= 11 is 1.81. The van der Waals surface area contributed by atoms with Crippen LogP contribution in [-0.4, -0.2) is 39.2 Å². The normalized spacial score (nSPS) is 17.1. The van der Waals surface area contributed by atoms with Crippen LogP contribution in [0.25, 0.3) is 0 Å². The van der Waals surface area contributed by atoms with E-state index in [1.165, 1.54) is 17.0 Å². The van der Waals surface area contributed by atoms with Gasteiger partial charge in [0.05, 0.1) is 22.0 Å². The second-order valence-corrected chi connectivity index (χ2v) is 7.62. The molecule has 2 heterocycles. The zero-order valence-corrected chi connectivity index (χ0v) is 15.1. The summed E-state index contributed by atoms with van der Waals surface area (Å²) < 4.78 is 1.72. The molecule has 0 aliphatic heterocycles. The van der Waals surface area contributed by atoms with Crippen LogP contribution in [-0.2, 0) is 19.9 Å². The highest BCUT2D eigenvalue weighted by Gasteiger charge is 2.27. The number of aromatic nitrogens is 3. The number of thiazole rings is 1. The van der Waals surface area contributed by atoms with Crippen LogP contribution in [0.15, 0.2) is 6.20 Å². The van der Waals surface area contributed by atoms with Gasteiger partial charge >= 0.3 is 0 Å². The van der Waals surface area contributed by atoms with Gasteiger partial charge in [0.25, 0.3) is 5.91 Å². The highest BCUT2D eigenvalue weighted by molar-refractivity contribution is 7.11. The number of likely N-dealkylation sites (N-methyl/N-ethyl adjacent to an activating group) is 1. The predicted molar refractivity (Wildman–Crippen MR) is 92.1 cm³/mol. The summed E-state index contributed by atoms with van der Waals surface area (Å²) in [4.78, 5) is 20.8. The molecule has 124 valence electrons. The Morgan fingerprint density at radius 3 is 3.04 bits per heavy atom. The summed E-state index contributed by atoms with van der Waals surface area (Å²) in [6, 6.07) is 0. The van der Waals surface area contributed by atoms with Crippen molar-refractivity contribution in [3.8, 4) is 0 Å². The molecule has 0 aromatic carbocycles. The number of rotatable bonds is 4. The van der Waals surface area contributed by atoms with Gasteiger partial charge in [-0.05, 0) is 32.6 Å². The van der Waals surface area contributed by atoms with Crippen LogP contribution in [0.3, 0.4) is 0 Å². The third-order valence-corrected chi connectivity index (χ3v) is 5.54. The van der Waals surface area contributed by atoms with E-state index in [2.05, 4.69) is 12.0 Å². The molecular weight excluding hydrogens is 308 g/mol. The first-order chi connectivity index (χ1) is 11.0. The minimum absolute atomic E-state index is 0.0639. The quantitative estimate of drug-likeness (QED) is 0.865. The average Bonchev–Trinajstić information content (AvgIpc) is 3.08. The predicted octanol–water partition coefficient (Wildman–Crippen LogP) is 2.94. The van der Waals surface area contributed by atoms with Crippen LogP contribution in [0.4, 0.5) is 0 Å². The largest absolute Gasteiger partial charge is 0.341 e. The summed E-state index contributed by atoms with van der Waals surface area (Å²) in [5.74, 6) is 0.424. The molecule has 1 aliphatic carbocycles. The van der Waals surface area contributed by atoms with E-state index in [0.29, 0.717) is 5.92 Å². The van der Waals surface area contributed by atoms with E-state index in [4.69, 9.17) is 4.98 Å². The number of carbonyl (C=O) groups is 1. The van der Waals surface area contributed by atoms with Crippen molar-refractivity contribution in [2.45, 2.75) is 45.4 Å². The van der Waals surface area contributed by atoms with Gasteiger partial charge < -0.3 is 4.90 Å². The van der Waals surface area contributed by atoms with E-state index in [0.717, 1.165) is 42.1 Å². The molecule has 1 amide bonds. The summed E-state index contributed by atoms with van der Waals surface area (Å²) in [6.07, 6.45) is 6.04. The summed E-state index contributed by atoms with van der Waals surface area (Å²) in [6.45, 7) is 4.83. The number of amides is 1. The fourth-order valence-electron chi connectivity index (χ4n) is 3.40. The molecule has 6 heteroatoms. The Kier molecular flexibility index (Phi) is 4.53. The molecule has 1 aliphatic rings. The molecule has 0 N–H and O–H groups in total. The van der Waals surface area contributed by atoms with Crippen LogP contribution in [0.2, 0.25) is 0 Å². The fraction of sp³-hybridized carbons (Fsp3) is 0.588. The number of aryl methyl sites for hydroxylation is 4. The first-order valence-corrected chi connectivity index (χ1v) is 9.05. The lowest BCUT2D eigenvalue weighted by Crippen LogP contribution is -2.32. The fourth-order valence-corrected chi connectivity index (χ4v) is 4.46. The van der Waals surface area contributed by atoms with E-state index in [-0.39, 0.29) is 5.91 Å². The number of hydrogen-bond donors (Lipinski definition) is 0. The summed E-state index contributed by atoms with van der Waals surface area (Å²) in [7, 11) is 3.75. The van der Waals surface area contributed by atoms with Gasteiger partial charge in [0.2, 0.25) is 0 Å². The first kappa shape index (κ1) is 16.2. The molecule has 2 aromatic rings. The Bertz CT molecular complexity index is 718. The van der Waals surface area contributed by atoms with Gasteiger partial charge in [-0.3, -0.25) is 9.48 Å². The Morgan fingerprint density at radius 2 is 2.30 bits per heavy atom. The van der Waals surface area contributed by atoms with Crippen molar-refractivity contribution < 1.29 is 4.79 Å². The van der Waals surface area contributed by atoms with Gasteiger partial charge in [-0.25, -0.2) is 4.98 Å². The Morgan fingerprint density at radius 1 is 1.52 bits per heavy atom. The molecule has 0 bridgehead atoms. The molecule has 0 spiro atoms. The minimum Gasteiger partial charge on any atom is -0.341 e. The minimum atomic E-state index is 0.0639. The zero-order valence-electron chi connectivity index (χ0n) is 14.3. The topological polar surface area (TPSA) is 51.0 Å². The van der Waals surface area contributed by atoms with Gasteiger partial charge in [0, 0.05) is 37.6 Å². The molecule has 0 saturated carbocycles. The van der Waals surface area contributed by atoms with E-state index in [1.807, 2.05) is 43.5 Å². The monoisotopic (exact) mass is 332 g/mol. The number of hydrogen-bond acceptors (Lipinski definition) is 4. The van der Waals surface area contributed by atoms with Crippen LogP contribution < -0.4 is 0 Å². The molecule has 1 atom stereocenters. The molecule has 0 radical (unpaired) electrons. The van der Waals surface area contributed by atoms with Crippen molar-refractivity contribution >= 4 is 17.2 Å². The highest BCUT2D eigenvalue weighted by atomic mass is 32.1. The summed E-state index contributed by atoms with van der Waals surface area (Å²) in [5.41, 5.74) is 2.82. The number of fused-ring (bicyclic) bond motifs is 1. The Hall–Kier alpha value is -1.69. The smallest absolute Gasteiger partial charge is 0.257 e. The van der Waals surface area contributed by atoms with Crippen molar-refractivity contribution in [3.05, 3.63) is 33.0 Å². The summed E-state index contributed by atoms with van der Waals surface area (Å²) in [5, 5.41) is 5.51. The van der Waals surface area contributed by atoms with Crippen LogP contribution in [0, 0.1) is 6.92 Å². The van der Waals surface area contributed by atoms with E-state index in [1.54, 1.807) is 4.68 Å². The van der Waals surface area contributed by atoms with Crippen molar-refractivity contribution in [2.75, 3.05) is 13.6 Å². The maximum atomic E-state index is 12.8. The lowest BCUT2D eigenvalue weighted by molar-refractivity contribution is 0.0782. The van der Waals surface area contributed by atoms with E-state index < -0.39 is 0 Å². The van der Waals surface area contributed by atoms with E-state index in [9.17, 15) is 4.79 Å². The Balaban J connectivity index is 1.77. The third-order valence-electron chi connectivity index (χ3n) is 4.49. The van der Waals surface area contributed by atoms with Crippen molar-refractivity contribution in [3.63, 3.8) is 0 Å². The molecule has 0 unspecified atom stereocenters. The molecule has 0 saturated heterocycles. The Labute approximate surface area is 141 Å². The second-order valence-electron chi connectivity index (χ2n) is 6.33. The standard InChI is InChI=1S/C17H24N4OS/c1-5-14-13(10-21(4)19-14)17(22)20(3)9-12-7-6-8-15-16(12)18-11(2)23-15/h10,12H,5-9H2,1-4H3/t12-/m0/s1. The van der Waals surface area contributed by atoms with Gasteiger partial charge in [0.15, 0.2) is 0 Å². The zero-order chi connectivity index (χ0) is 16.6. The first-order valence-electron chi connectivity index (χ1n) is 8.23. The van der Waals surface area contributed by atoms with Crippen LogP contribution in [0.5, 0.6) is 0 Å². The molecule has 0 fully saturated rings. The maximum Gasteiger partial charge on any atom is 0.257 e. The van der Waals surface area contributed by atoms with Gasteiger partial charge in [-0.15, -0.1) is 11.3 Å². The molecule has 5 nitrogen and oxygen atoms in total. The maximum absolute atomic E-state index is 12.8. The second kappa shape index (κ2) is 6.43. The molecular formula is C17H24N4OS. The molecule has 2 aromatic heterocycles. The van der Waals surface area contributed by atoms with E-state index >= 15 is 0 Å². The SMILES string of the molecule is CCc1nn(C)cc1C(=O)N(C)C[C@@H]1CCCc2sc(C)nc21. The number of carbonyl (C=O) groups excluding carboxylic acids is 1. The third kappa shape index (κ3) is 3.17. The lowest BCUT2D eigenvalue weighted by Gasteiger charge is -2.26. The highest BCUT2D eigenvalue weighted by Crippen LogP contribution is 2.35. The average molecular weight is 332 g/mol. The van der Waals surface area contributed by atoms with Crippen LogP contribution in [0.1, 0.15) is 57.3 Å². The lowest BCUT2D eigenvalue weighted by atomic mass is 9.90. The number of nitrogens with zero attached hydrogens (tertiary/aromatic N) is 4. The molecule has 3 rings (SSSR count). The van der Waals surface area contributed by atoms with Crippen LogP contribution >= 0.6 is 11.3 Å². The van der Waals surface area contributed by atoms with Gasteiger partial charge in [-0.1, -0.05) is 6.92 Å². The van der Waals surface area contributed by atoms with Gasteiger partial charge in [0.1, 0.15) is 0 Å². The molecule has 23 heavy (non-hydrogen) atoms. The van der Waals surface area contributed by atoms with Crippen molar-refractivity contribution in [1.82, 2.24) is 19.7 Å². The van der Waals surface area contributed by atoms with Crippen molar-refractivity contribution in [2.24, 2.45) is 7.05 Å². The van der Waals surface area contributed by atoms with Crippen molar-refractivity contribution in [1.29, 1.82) is 0 Å².